The molecule has 0 aromatic heterocycles. The van der Waals surface area contributed by atoms with Crippen LogP contribution in [-0.4, -0.2) is 71.8 Å². The van der Waals surface area contributed by atoms with Gasteiger partial charge < -0.3 is 19.6 Å². The first-order valence-corrected chi connectivity index (χ1v) is 12.5. The van der Waals surface area contributed by atoms with Crippen molar-refractivity contribution in [3.8, 4) is 0 Å². The number of allylic oxidation sites excluding steroid dienone is 1. The average Bonchev–Trinajstić information content (AvgIpc) is 3.07. The topological polar surface area (TPSA) is 53.0 Å². The Bertz CT molecular complexity index is 680. The normalized spacial score (nSPS) is 43.6. The van der Waals surface area contributed by atoms with Gasteiger partial charge in [-0.2, -0.15) is 0 Å². The Morgan fingerprint density at radius 1 is 1.13 bits per heavy atom. The van der Waals surface area contributed by atoms with Gasteiger partial charge in [-0.15, -0.1) is 0 Å². The molecule has 1 N–H and O–H groups in total. The molecule has 5 nitrogen and oxygen atoms in total. The Labute approximate surface area is 181 Å². The molecule has 0 bridgehead atoms. The van der Waals surface area contributed by atoms with Gasteiger partial charge in [0, 0.05) is 30.3 Å². The quantitative estimate of drug-likeness (QED) is 0.566. The number of aliphatic hydroxyl groups is 1. The summed E-state index contributed by atoms with van der Waals surface area (Å²) in [7, 11) is 0. The molecule has 168 valence electrons. The summed E-state index contributed by atoms with van der Waals surface area (Å²) in [6, 6.07) is 0.722. The van der Waals surface area contributed by atoms with Gasteiger partial charge in [-0.1, -0.05) is 31.9 Å². The molecule has 5 rings (SSSR count). The van der Waals surface area contributed by atoms with E-state index in [2.05, 4.69) is 29.7 Å². The van der Waals surface area contributed by atoms with Crippen LogP contribution in [-0.2, 0) is 9.53 Å². The highest BCUT2D eigenvalue weighted by Crippen LogP contribution is 2.56. The van der Waals surface area contributed by atoms with Crippen LogP contribution in [0.5, 0.6) is 0 Å². The van der Waals surface area contributed by atoms with Crippen molar-refractivity contribution in [1.29, 1.82) is 0 Å². The van der Waals surface area contributed by atoms with Gasteiger partial charge in [0.25, 0.3) is 0 Å². The van der Waals surface area contributed by atoms with Gasteiger partial charge in [-0.25, -0.2) is 0 Å². The van der Waals surface area contributed by atoms with Gasteiger partial charge in [0.2, 0.25) is 0 Å². The van der Waals surface area contributed by atoms with Crippen molar-refractivity contribution < 1.29 is 14.6 Å². The molecule has 0 aromatic rings. The summed E-state index contributed by atoms with van der Waals surface area (Å²) in [4.78, 5) is 18.0. The number of ether oxygens (including phenoxy) is 1. The number of carbonyl (C=O) groups excluding carboxylic acids is 1. The van der Waals surface area contributed by atoms with Crippen molar-refractivity contribution >= 4 is 5.97 Å². The molecule has 6 atom stereocenters. The van der Waals surface area contributed by atoms with Crippen LogP contribution >= 0.6 is 0 Å². The predicted molar refractivity (Wildman–Crippen MR) is 117 cm³/mol. The van der Waals surface area contributed by atoms with Crippen molar-refractivity contribution in [2.75, 3.05) is 32.7 Å². The second kappa shape index (κ2) is 8.22. The largest absolute Gasteiger partial charge is 0.461 e. The number of fused-ring (bicyclic) bond motifs is 2. The maximum Gasteiger partial charge on any atom is 0.311 e. The highest BCUT2D eigenvalue weighted by atomic mass is 16.6. The van der Waals surface area contributed by atoms with Crippen LogP contribution in [0.4, 0.5) is 0 Å². The van der Waals surface area contributed by atoms with Gasteiger partial charge >= 0.3 is 5.97 Å². The SMILES string of the molecule is C[C@H]1CCC=C2C[C@H]3OC(=O)[C@@H](CN4CCC(N5CCCCC5)CC4)[C@H]3[C@H](O)[C@@]21C. The van der Waals surface area contributed by atoms with Crippen LogP contribution in [0.15, 0.2) is 11.6 Å². The first-order valence-electron chi connectivity index (χ1n) is 12.5. The van der Waals surface area contributed by atoms with Crippen molar-refractivity contribution in [3.63, 3.8) is 0 Å². The third kappa shape index (κ3) is 3.45. The Morgan fingerprint density at radius 3 is 2.60 bits per heavy atom. The molecule has 5 aliphatic rings. The number of rotatable bonds is 3. The van der Waals surface area contributed by atoms with Crippen molar-refractivity contribution in [2.45, 2.75) is 83.5 Å². The molecular formula is C25H40N2O3. The third-order valence-electron chi connectivity index (χ3n) is 9.49. The molecule has 5 heteroatoms. The maximum absolute atomic E-state index is 12.9. The van der Waals surface area contributed by atoms with E-state index in [1.807, 2.05) is 0 Å². The molecule has 30 heavy (non-hydrogen) atoms. The molecule has 0 aromatic carbocycles. The van der Waals surface area contributed by atoms with Crippen molar-refractivity contribution in [2.24, 2.45) is 23.2 Å². The lowest BCUT2D eigenvalue weighted by molar-refractivity contribution is -0.145. The van der Waals surface area contributed by atoms with E-state index in [0.29, 0.717) is 5.92 Å². The van der Waals surface area contributed by atoms with Crippen LogP contribution in [0.1, 0.15) is 65.2 Å². The van der Waals surface area contributed by atoms with E-state index in [1.54, 1.807) is 0 Å². The number of hydrogen-bond donors (Lipinski definition) is 1. The fraction of sp³-hybridized carbons (Fsp3) is 0.880. The van der Waals surface area contributed by atoms with E-state index in [0.717, 1.165) is 44.9 Å². The van der Waals surface area contributed by atoms with Gasteiger partial charge in [-0.3, -0.25) is 4.79 Å². The van der Waals surface area contributed by atoms with Crippen LogP contribution in [0.2, 0.25) is 0 Å². The second-order valence-corrected chi connectivity index (χ2v) is 10.9. The fourth-order valence-electron chi connectivity index (χ4n) is 7.30. The van der Waals surface area contributed by atoms with Crippen LogP contribution in [0.3, 0.4) is 0 Å². The molecular weight excluding hydrogens is 376 g/mol. The lowest BCUT2D eigenvalue weighted by Crippen LogP contribution is -2.55. The standard InChI is InChI=1S/C25H40N2O3/c1-17-7-6-8-18-15-21-22(23(28)25(17,18)2)20(24(29)30-21)16-26-13-9-19(10-14-26)27-11-4-3-5-12-27/h8,17,19-23,28H,3-7,9-16H2,1-2H3/t17-,20-,21+,22+,23-,25+/m0/s1. The monoisotopic (exact) mass is 416 g/mol. The number of carbonyl (C=O) groups is 1. The fourth-order valence-corrected chi connectivity index (χ4v) is 7.30. The zero-order valence-electron chi connectivity index (χ0n) is 18.9. The average molecular weight is 417 g/mol. The summed E-state index contributed by atoms with van der Waals surface area (Å²) < 4.78 is 5.86. The van der Waals surface area contributed by atoms with Crippen molar-refractivity contribution in [3.05, 3.63) is 11.6 Å². The molecule has 0 amide bonds. The smallest absolute Gasteiger partial charge is 0.311 e. The molecule has 4 fully saturated rings. The summed E-state index contributed by atoms with van der Waals surface area (Å²) in [5.74, 6) is 0.145. The Morgan fingerprint density at radius 2 is 1.87 bits per heavy atom. The van der Waals surface area contributed by atoms with Gasteiger partial charge in [-0.05, 0) is 70.6 Å². The number of esters is 1. The zero-order valence-corrected chi connectivity index (χ0v) is 18.9. The van der Waals surface area contributed by atoms with E-state index in [-0.39, 0.29) is 29.3 Å². The van der Waals surface area contributed by atoms with Gasteiger partial charge in [0.05, 0.1) is 12.0 Å². The van der Waals surface area contributed by atoms with E-state index in [4.69, 9.17) is 4.74 Å². The van der Waals surface area contributed by atoms with Gasteiger partial charge in [0.1, 0.15) is 6.10 Å². The Balaban J connectivity index is 1.25. The van der Waals surface area contributed by atoms with Gasteiger partial charge in [0.15, 0.2) is 0 Å². The molecule has 3 saturated heterocycles. The van der Waals surface area contributed by atoms with E-state index in [1.165, 1.54) is 50.8 Å². The molecule has 0 radical (unpaired) electrons. The van der Waals surface area contributed by atoms with Crippen LogP contribution < -0.4 is 0 Å². The number of hydrogen-bond acceptors (Lipinski definition) is 5. The Hall–Kier alpha value is -0.910. The number of likely N-dealkylation sites (tertiary alicyclic amines) is 2. The summed E-state index contributed by atoms with van der Waals surface area (Å²) >= 11 is 0. The van der Waals surface area contributed by atoms with Crippen LogP contribution in [0.25, 0.3) is 0 Å². The predicted octanol–water partition coefficient (Wildman–Crippen LogP) is 3.22. The highest BCUT2D eigenvalue weighted by Gasteiger charge is 2.59. The first-order chi connectivity index (χ1) is 14.5. The highest BCUT2D eigenvalue weighted by molar-refractivity contribution is 5.76. The molecule has 0 unspecified atom stereocenters. The summed E-state index contributed by atoms with van der Waals surface area (Å²) in [5.41, 5.74) is 1.12. The molecule has 0 spiro atoms. The minimum atomic E-state index is -0.486. The molecule has 3 aliphatic heterocycles. The molecule has 3 heterocycles. The molecule has 1 saturated carbocycles. The third-order valence-corrected chi connectivity index (χ3v) is 9.49. The maximum atomic E-state index is 12.9. The lowest BCUT2D eigenvalue weighted by atomic mass is 9.55. The van der Waals surface area contributed by atoms with E-state index < -0.39 is 6.10 Å². The summed E-state index contributed by atoms with van der Waals surface area (Å²) in [6.07, 6.45) is 11.2. The number of nitrogens with zero attached hydrogens (tertiary/aromatic N) is 2. The minimum Gasteiger partial charge on any atom is -0.461 e. The second-order valence-electron chi connectivity index (χ2n) is 10.9. The zero-order chi connectivity index (χ0) is 20.9. The van der Waals surface area contributed by atoms with Crippen LogP contribution in [0, 0.1) is 23.2 Å². The summed E-state index contributed by atoms with van der Waals surface area (Å²) in [5, 5.41) is 11.5. The minimum absolute atomic E-state index is 0.0555. The number of piperidine rings is 2. The van der Waals surface area contributed by atoms with Crippen molar-refractivity contribution in [1.82, 2.24) is 9.80 Å². The summed E-state index contributed by atoms with van der Waals surface area (Å²) in [6.45, 7) is 9.92. The van der Waals surface area contributed by atoms with E-state index in [9.17, 15) is 9.90 Å². The van der Waals surface area contributed by atoms with E-state index >= 15 is 0 Å². The first kappa shape index (κ1) is 21.0. The number of aliphatic hydroxyl groups excluding tert-OH is 1. The Kier molecular flexibility index (Phi) is 5.74. The molecule has 2 aliphatic carbocycles. The lowest BCUT2D eigenvalue weighted by Gasteiger charge is -2.52.